The van der Waals surface area contributed by atoms with Crippen molar-refractivity contribution in [2.24, 2.45) is 0 Å². The summed E-state index contributed by atoms with van der Waals surface area (Å²) in [7, 11) is 0. The SMILES string of the molecule is C=C(C(=O)OC(C)(CC)CCOC(=O)c1ccc(C)cc1)C(F)(F)F. The van der Waals surface area contributed by atoms with Crippen molar-refractivity contribution in [3.63, 3.8) is 0 Å². The van der Waals surface area contributed by atoms with E-state index in [0.29, 0.717) is 5.56 Å². The largest absolute Gasteiger partial charge is 0.462 e. The van der Waals surface area contributed by atoms with Crippen molar-refractivity contribution in [1.29, 1.82) is 0 Å². The zero-order valence-electron chi connectivity index (χ0n) is 14.4. The first-order valence-electron chi connectivity index (χ1n) is 7.72. The van der Waals surface area contributed by atoms with Crippen LogP contribution in [-0.4, -0.2) is 30.3 Å². The van der Waals surface area contributed by atoms with E-state index in [-0.39, 0.29) is 19.4 Å². The molecule has 138 valence electrons. The van der Waals surface area contributed by atoms with Crippen molar-refractivity contribution in [2.75, 3.05) is 6.61 Å². The van der Waals surface area contributed by atoms with Crippen molar-refractivity contribution in [2.45, 2.75) is 45.4 Å². The standard InChI is InChI=1S/C18H21F3O4/c1-5-17(4,25-15(22)13(3)18(19,20)21)10-11-24-16(23)14-8-6-12(2)7-9-14/h6-9H,3,5,10-11H2,1-2,4H3. The van der Waals surface area contributed by atoms with E-state index in [9.17, 15) is 22.8 Å². The lowest BCUT2D eigenvalue weighted by molar-refractivity contribution is -0.165. The van der Waals surface area contributed by atoms with Crippen LogP contribution in [0.3, 0.4) is 0 Å². The maximum absolute atomic E-state index is 12.5. The van der Waals surface area contributed by atoms with Crippen LogP contribution >= 0.6 is 0 Å². The van der Waals surface area contributed by atoms with E-state index in [0.717, 1.165) is 5.56 Å². The number of halogens is 3. The number of aryl methyl sites for hydroxylation is 1. The minimum Gasteiger partial charge on any atom is -0.462 e. The van der Waals surface area contributed by atoms with E-state index in [1.165, 1.54) is 6.92 Å². The Hall–Kier alpha value is -2.31. The highest BCUT2D eigenvalue weighted by molar-refractivity contribution is 5.90. The number of carbonyl (C=O) groups excluding carboxylic acids is 2. The monoisotopic (exact) mass is 358 g/mol. The van der Waals surface area contributed by atoms with Gasteiger partial charge in [0.1, 0.15) is 11.2 Å². The molecule has 0 heterocycles. The van der Waals surface area contributed by atoms with Crippen LogP contribution in [-0.2, 0) is 14.3 Å². The maximum atomic E-state index is 12.5. The van der Waals surface area contributed by atoms with E-state index in [1.54, 1.807) is 31.2 Å². The number of carbonyl (C=O) groups is 2. The number of alkyl halides is 3. The Labute approximate surface area is 144 Å². The molecule has 0 aliphatic carbocycles. The molecule has 1 atom stereocenters. The van der Waals surface area contributed by atoms with Gasteiger partial charge in [-0.3, -0.25) is 0 Å². The van der Waals surface area contributed by atoms with Crippen LogP contribution in [0.2, 0.25) is 0 Å². The molecule has 0 aliphatic rings. The Bertz CT molecular complexity index is 635. The van der Waals surface area contributed by atoms with Crippen LogP contribution in [0.1, 0.15) is 42.6 Å². The molecule has 1 unspecified atom stereocenters. The van der Waals surface area contributed by atoms with Gasteiger partial charge >= 0.3 is 18.1 Å². The average Bonchev–Trinajstić information content (AvgIpc) is 2.53. The van der Waals surface area contributed by atoms with Gasteiger partial charge in [-0.2, -0.15) is 13.2 Å². The van der Waals surface area contributed by atoms with E-state index >= 15 is 0 Å². The Kier molecular flexibility index (Phi) is 6.78. The average molecular weight is 358 g/mol. The molecule has 1 rings (SSSR count). The molecule has 0 aromatic heterocycles. The third-order valence-corrected chi connectivity index (χ3v) is 3.83. The van der Waals surface area contributed by atoms with Crippen LogP contribution in [0, 0.1) is 6.92 Å². The molecular formula is C18H21F3O4. The molecule has 0 fully saturated rings. The normalized spacial score (nSPS) is 13.7. The van der Waals surface area contributed by atoms with Crippen molar-refractivity contribution in [1.82, 2.24) is 0 Å². The summed E-state index contributed by atoms with van der Waals surface area (Å²) in [6, 6.07) is 6.75. The van der Waals surface area contributed by atoms with Gasteiger partial charge in [-0.15, -0.1) is 0 Å². The Balaban J connectivity index is 2.59. The van der Waals surface area contributed by atoms with E-state index in [1.807, 2.05) is 6.92 Å². The number of ether oxygens (including phenoxy) is 2. The molecule has 7 heteroatoms. The van der Waals surface area contributed by atoms with E-state index in [2.05, 4.69) is 6.58 Å². The molecule has 25 heavy (non-hydrogen) atoms. The molecule has 0 saturated carbocycles. The summed E-state index contributed by atoms with van der Waals surface area (Å²) in [6.45, 7) is 7.64. The fraction of sp³-hybridized carbons (Fsp3) is 0.444. The first kappa shape index (κ1) is 20.7. The minimum absolute atomic E-state index is 0.0674. The van der Waals surface area contributed by atoms with Gasteiger partial charge in [0, 0.05) is 6.42 Å². The molecule has 0 spiro atoms. The van der Waals surface area contributed by atoms with Crippen LogP contribution in [0.5, 0.6) is 0 Å². The third-order valence-electron chi connectivity index (χ3n) is 3.83. The number of hydrogen-bond acceptors (Lipinski definition) is 4. The molecule has 0 N–H and O–H groups in total. The van der Waals surface area contributed by atoms with Crippen molar-refractivity contribution in [3.05, 3.63) is 47.5 Å². The zero-order chi connectivity index (χ0) is 19.3. The van der Waals surface area contributed by atoms with Crippen LogP contribution in [0.25, 0.3) is 0 Å². The highest BCUT2D eigenvalue weighted by atomic mass is 19.4. The molecule has 4 nitrogen and oxygen atoms in total. The Morgan fingerprint density at radius 1 is 1.16 bits per heavy atom. The highest BCUT2D eigenvalue weighted by Gasteiger charge is 2.40. The first-order valence-corrected chi connectivity index (χ1v) is 7.72. The van der Waals surface area contributed by atoms with Gasteiger partial charge in [-0.25, -0.2) is 9.59 Å². The second-order valence-corrected chi connectivity index (χ2v) is 5.92. The molecule has 0 amide bonds. The van der Waals surface area contributed by atoms with Gasteiger partial charge in [0.2, 0.25) is 0 Å². The fourth-order valence-corrected chi connectivity index (χ4v) is 1.83. The minimum atomic E-state index is -4.84. The topological polar surface area (TPSA) is 52.6 Å². The first-order chi connectivity index (χ1) is 11.5. The lowest BCUT2D eigenvalue weighted by Crippen LogP contribution is -2.35. The number of benzene rings is 1. The summed E-state index contributed by atoms with van der Waals surface area (Å²) in [4.78, 5) is 23.5. The van der Waals surface area contributed by atoms with Crippen LogP contribution in [0.15, 0.2) is 36.4 Å². The molecule has 0 radical (unpaired) electrons. The molecule has 1 aromatic carbocycles. The van der Waals surface area contributed by atoms with Gasteiger partial charge in [-0.05, 0) is 32.4 Å². The van der Waals surface area contributed by atoms with Gasteiger partial charge < -0.3 is 9.47 Å². The second-order valence-electron chi connectivity index (χ2n) is 5.92. The molecular weight excluding hydrogens is 337 g/mol. The lowest BCUT2D eigenvalue weighted by Gasteiger charge is -2.28. The van der Waals surface area contributed by atoms with Crippen molar-refractivity contribution < 1.29 is 32.2 Å². The predicted molar refractivity (Wildman–Crippen MR) is 86.1 cm³/mol. The summed E-state index contributed by atoms with van der Waals surface area (Å²) >= 11 is 0. The summed E-state index contributed by atoms with van der Waals surface area (Å²) < 4.78 is 47.5. The quantitative estimate of drug-likeness (QED) is 0.536. The lowest BCUT2D eigenvalue weighted by atomic mass is 9.99. The number of esters is 2. The molecule has 0 aliphatic heterocycles. The molecule has 0 saturated heterocycles. The van der Waals surface area contributed by atoms with E-state index < -0.39 is 29.3 Å². The molecule has 1 aromatic rings. The van der Waals surface area contributed by atoms with Gasteiger partial charge in [0.15, 0.2) is 0 Å². The highest BCUT2D eigenvalue weighted by Crippen LogP contribution is 2.28. The summed E-state index contributed by atoms with van der Waals surface area (Å²) in [5.41, 5.74) is -1.40. The van der Waals surface area contributed by atoms with Gasteiger partial charge in [-0.1, -0.05) is 31.2 Å². The second kappa shape index (κ2) is 8.18. The predicted octanol–water partition coefficient (Wildman–Crippen LogP) is 4.37. The van der Waals surface area contributed by atoms with Crippen molar-refractivity contribution in [3.8, 4) is 0 Å². The van der Waals surface area contributed by atoms with Crippen LogP contribution < -0.4 is 0 Å². The summed E-state index contributed by atoms with van der Waals surface area (Å²) in [6.07, 6.45) is -4.52. The fourth-order valence-electron chi connectivity index (χ4n) is 1.83. The summed E-state index contributed by atoms with van der Waals surface area (Å²) in [5.74, 6) is -2.08. The number of rotatable bonds is 7. The summed E-state index contributed by atoms with van der Waals surface area (Å²) in [5, 5.41) is 0. The molecule has 0 bridgehead atoms. The van der Waals surface area contributed by atoms with Gasteiger partial charge in [0.25, 0.3) is 0 Å². The van der Waals surface area contributed by atoms with Crippen molar-refractivity contribution >= 4 is 11.9 Å². The Morgan fingerprint density at radius 2 is 1.72 bits per heavy atom. The van der Waals surface area contributed by atoms with Crippen LogP contribution in [0.4, 0.5) is 13.2 Å². The van der Waals surface area contributed by atoms with E-state index in [4.69, 9.17) is 9.47 Å². The third kappa shape index (κ3) is 6.25. The maximum Gasteiger partial charge on any atom is 0.422 e. The van der Waals surface area contributed by atoms with Gasteiger partial charge in [0.05, 0.1) is 12.2 Å². The smallest absolute Gasteiger partial charge is 0.422 e. The number of hydrogen-bond donors (Lipinski definition) is 0. The zero-order valence-corrected chi connectivity index (χ0v) is 14.4. The Morgan fingerprint density at radius 3 is 2.20 bits per heavy atom.